The normalized spacial score (nSPS) is 10.4. The number of hydrogen-bond donors (Lipinski definition) is 2. The van der Waals surface area contributed by atoms with Crippen LogP contribution in [0.2, 0.25) is 0 Å². The Balaban J connectivity index is 1.58. The Morgan fingerprint density at radius 3 is 2.31 bits per heavy atom. The van der Waals surface area contributed by atoms with Crippen molar-refractivity contribution >= 4 is 23.2 Å². The first-order chi connectivity index (χ1) is 15.5. The maximum atomic E-state index is 12.9. The van der Waals surface area contributed by atoms with Crippen LogP contribution in [0.1, 0.15) is 26.4 Å². The molecule has 1 aromatic heterocycles. The number of amides is 2. The minimum absolute atomic E-state index is 0.0438. The maximum absolute atomic E-state index is 12.9. The van der Waals surface area contributed by atoms with Crippen LogP contribution < -0.4 is 16.2 Å². The van der Waals surface area contributed by atoms with Crippen LogP contribution in [0.15, 0.2) is 95.8 Å². The highest BCUT2D eigenvalue weighted by Gasteiger charge is 2.16. The minimum atomic E-state index is -0.537. The van der Waals surface area contributed by atoms with E-state index < -0.39 is 5.91 Å². The van der Waals surface area contributed by atoms with Crippen LogP contribution in [0.3, 0.4) is 0 Å². The van der Waals surface area contributed by atoms with Crippen LogP contribution in [-0.2, 0) is 0 Å². The van der Waals surface area contributed by atoms with E-state index in [1.54, 1.807) is 54.6 Å². The SMILES string of the molecule is Cc1cccc(NC(=O)c2ccccc2NC(=O)c2ccc(=O)n(-c3ccccc3)n2)c1. The van der Waals surface area contributed by atoms with Crippen molar-refractivity contribution in [3.05, 3.63) is 118 Å². The Morgan fingerprint density at radius 2 is 1.53 bits per heavy atom. The number of carbonyl (C=O) groups excluding carboxylic acids is 2. The number of nitrogens with zero attached hydrogens (tertiary/aromatic N) is 2. The average molecular weight is 424 g/mol. The molecule has 0 bridgehead atoms. The molecular weight excluding hydrogens is 404 g/mol. The lowest BCUT2D eigenvalue weighted by molar-refractivity contribution is 0.102. The third-order valence-corrected chi connectivity index (χ3v) is 4.73. The van der Waals surface area contributed by atoms with E-state index in [2.05, 4.69) is 15.7 Å². The van der Waals surface area contributed by atoms with Crippen molar-refractivity contribution in [3.63, 3.8) is 0 Å². The molecule has 0 fully saturated rings. The molecule has 0 saturated carbocycles. The van der Waals surface area contributed by atoms with Crippen LogP contribution in [0.25, 0.3) is 5.69 Å². The number of anilines is 2. The monoisotopic (exact) mass is 424 g/mol. The first-order valence-electron chi connectivity index (χ1n) is 9.95. The standard InChI is InChI=1S/C25H20N4O3/c1-17-8-7-9-18(16-17)26-24(31)20-12-5-6-13-21(20)27-25(32)22-14-15-23(30)29(28-22)19-10-3-2-4-11-19/h2-16H,1H3,(H,26,31)(H,27,32). The minimum Gasteiger partial charge on any atom is -0.322 e. The number of benzene rings is 3. The van der Waals surface area contributed by atoms with Gasteiger partial charge in [-0.05, 0) is 55.0 Å². The van der Waals surface area contributed by atoms with Crippen molar-refractivity contribution in [2.24, 2.45) is 0 Å². The first kappa shape index (κ1) is 20.7. The Kier molecular flexibility index (Phi) is 5.89. The molecule has 158 valence electrons. The van der Waals surface area contributed by atoms with Crippen molar-refractivity contribution in [2.75, 3.05) is 10.6 Å². The smallest absolute Gasteiger partial charge is 0.276 e. The molecule has 0 aliphatic rings. The lowest BCUT2D eigenvalue weighted by Gasteiger charge is -2.12. The third-order valence-electron chi connectivity index (χ3n) is 4.73. The highest BCUT2D eigenvalue weighted by Crippen LogP contribution is 2.19. The summed E-state index contributed by atoms with van der Waals surface area (Å²) in [5, 5.41) is 9.75. The highest BCUT2D eigenvalue weighted by molar-refractivity contribution is 6.12. The predicted molar refractivity (Wildman–Crippen MR) is 123 cm³/mol. The average Bonchev–Trinajstić information content (AvgIpc) is 2.80. The van der Waals surface area contributed by atoms with Gasteiger partial charge in [0.1, 0.15) is 5.69 Å². The van der Waals surface area contributed by atoms with Gasteiger partial charge in [-0.2, -0.15) is 9.78 Å². The van der Waals surface area contributed by atoms with Crippen molar-refractivity contribution < 1.29 is 9.59 Å². The fraction of sp³-hybridized carbons (Fsp3) is 0.0400. The van der Waals surface area contributed by atoms with E-state index in [9.17, 15) is 14.4 Å². The number of rotatable bonds is 5. The summed E-state index contributed by atoms with van der Waals surface area (Å²) in [5.41, 5.74) is 2.55. The van der Waals surface area contributed by atoms with Gasteiger partial charge in [-0.1, -0.05) is 42.5 Å². The number of carbonyl (C=O) groups is 2. The van der Waals surface area contributed by atoms with Gasteiger partial charge >= 0.3 is 0 Å². The molecule has 3 aromatic carbocycles. The van der Waals surface area contributed by atoms with Gasteiger partial charge < -0.3 is 10.6 Å². The number of hydrogen-bond acceptors (Lipinski definition) is 4. The molecule has 2 amide bonds. The quantitative estimate of drug-likeness (QED) is 0.506. The van der Waals surface area contributed by atoms with Gasteiger partial charge in [0, 0.05) is 11.8 Å². The zero-order valence-electron chi connectivity index (χ0n) is 17.3. The molecule has 0 unspecified atom stereocenters. The van der Waals surface area contributed by atoms with E-state index in [1.165, 1.54) is 12.1 Å². The summed E-state index contributed by atoms with van der Waals surface area (Å²) in [6.45, 7) is 1.94. The first-order valence-corrected chi connectivity index (χ1v) is 9.95. The van der Waals surface area contributed by atoms with Crippen LogP contribution in [0.4, 0.5) is 11.4 Å². The Hall–Kier alpha value is -4.52. The van der Waals surface area contributed by atoms with Gasteiger partial charge in [-0.25, -0.2) is 0 Å². The van der Waals surface area contributed by atoms with Gasteiger partial charge in [0.15, 0.2) is 0 Å². The summed E-state index contributed by atoms with van der Waals surface area (Å²) < 4.78 is 1.16. The molecule has 1 heterocycles. The summed E-state index contributed by atoms with van der Waals surface area (Å²) in [5.74, 6) is -0.890. The summed E-state index contributed by atoms with van der Waals surface area (Å²) >= 11 is 0. The zero-order valence-corrected chi connectivity index (χ0v) is 17.3. The number of aromatic nitrogens is 2. The largest absolute Gasteiger partial charge is 0.322 e. The summed E-state index contributed by atoms with van der Waals surface area (Å²) in [7, 11) is 0. The molecule has 0 radical (unpaired) electrons. The topological polar surface area (TPSA) is 93.1 Å². The van der Waals surface area contributed by atoms with Crippen LogP contribution >= 0.6 is 0 Å². The fourth-order valence-corrected chi connectivity index (χ4v) is 3.18. The van der Waals surface area contributed by atoms with Gasteiger partial charge in [-0.3, -0.25) is 14.4 Å². The van der Waals surface area contributed by atoms with E-state index in [0.29, 0.717) is 22.6 Å². The molecule has 0 saturated heterocycles. The molecule has 0 spiro atoms. The third kappa shape index (κ3) is 4.62. The second-order valence-corrected chi connectivity index (χ2v) is 7.13. The van der Waals surface area contributed by atoms with Crippen LogP contribution in [0.5, 0.6) is 0 Å². The van der Waals surface area contributed by atoms with E-state index in [1.807, 2.05) is 31.2 Å². The Labute approximate surface area is 184 Å². The lowest BCUT2D eigenvalue weighted by Crippen LogP contribution is -2.25. The molecule has 2 N–H and O–H groups in total. The van der Waals surface area contributed by atoms with Crippen molar-refractivity contribution in [3.8, 4) is 5.69 Å². The van der Waals surface area contributed by atoms with Gasteiger partial charge in [0.2, 0.25) is 0 Å². The molecule has 7 heteroatoms. The summed E-state index contributed by atoms with van der Waals surface area (Å²) in [6, 6.07) is 25.6. The fourth-order valence-electron chi connectivity index (χ4n) is 3.18. The lowest BCUT2D eigenvalue weighted by atomic mass is 10.1. The molecule has 0 aliphatic carbocycles. The molecule has 7 nitrogen and oxygen atoms in total. The van der Waals surface area contributed by atoms with E-state index in [-0.39, 0.29) is 17.2 Å². The van der Waals surface area contributed by atoms with Gasteiger partial charge in [-0.15, -0.1) is 0 Å². The van der Waals surface area contributed by atoms with E-state index in [4.69, 9.17) is 0 Å². The highest BCUT2D eigenvalue weighted by atomic mass is 16.2. The van der Waals surface area contributed by atoms with Crippen molar-refractivity contribution in [1.29, 1.82) is 0 Å². The molecule has 0 atom stereocenters. The van der Waals surface area contributed by atoms with Crippen LogP contribution in [0, 0.1) is 6.92 Å². The number of para-hydroxylation sites is 2. The molecule has 4 rings (SSSR count). The molecule has 32 heavy (non-hydrogen) atoms. The zero-order chi connectivity index (χ0) is 22.5. The second-order valence-electron chi connectivity index (χ2n) is 7.13. The number of nitrogens with one attached hydrogen (secondary N) is 2. The molecular formula is C25H20N4O3. The second kappa shape index (κ2) is 9.09. The molecule has 0 aliphatic heterocycles. The Bertz CT molecular complexity index is 1350. The van der Waals surface area contributed by atoms with Crippen molar-refractivity contribution in [2.45, 2.75) is 6.92 Å². The van der Waals surface area contributed by atoms with E-state index >= 15 is 0 Å². The summed E-state index contributed by atoms with van der Waals surface area (Å²) in [4.78, 5) is 37.9. The molecule has 4 aromatic rings. The summed E-state index contributed by atoms with van der Waals surface area (Å²) in [6.07, 6.45) is 0. The number of aryl methyl sites for hydroxylation is 1. The predicted octanol–water partition coefficient (Wildman–Crippen LogP) is 4.05. The van der Waals surface area contributed by atoms with Crippen molar-refractivity contribution in [1.82, 2.24) is 9.78 Å². The maximum Gasteiger partial charge on any atom is 0.276 e. The Morgan fingerprint density at radius 1 is 0.781 bits per heavy atom. The van der Waals surface area contributed by atoms with E-state index in [0.717, 1.165) is 10.2 Å². The van der Waals surface area contributed by atoms with Crippen LogP contribution in [-0.4, -0.2) is 21.6 Å². The van der Waals surface area contributed by atoms with Gasteiger partial charge in [0.25, 0.3) is 17.4 Å². The van der Waals surface area contributed by atoms with Gasteiger partial charge in [0.05, 0.1) is 16.9 Å².